The lowest BCUT2D eigenvalue weighted by Crippen LogP contribution is -2.30. The van der Waals surface area contributed by atoms with Crippen molar-refractivity contribution < 1.29 is 14.3 Å². The predicted octanol–water partition coefficient (Wildman–Crippen LogP) is 4.76. The Labute approximate surface area is 154 Å². The zero-order valence-corrected chi connectivity index (χ0v) is 15.0. The van der Waals surface area contributed by atoms with Gasteiger partial charge in [0.1, 0.15) is 0 Å². The van der Waals surface area contributed by atoms with Crippen LogP contribution in [0.25, 0.3) is 0 Å². The molecule has 0 saturated heterocycles. The molecule has 0 heterocycles. The molecule has 1 atom stereocenters. The molecule has 4 nitrogen and oxygen atoms in total. The summed E-state index contributed by atoms with van der Waals surface area (Å²) in [5, 5.41) is 3.93. The molecule has 126 valence electrons. The fraction of sp³-hybridized carbons (Fsp3) is 0.176. The standard InChI is InChI=1S/C17H14Cl3NO3/c1-10(17(23)21-15-9-13(19)6-7-14(15)20)24-16(22)8-11-2-4-12(18)5-3-11/h2-7,9-10H,8H2,1H3,(H,21,23)/t10-/m1/s1. The van der Waals surface area contributed by atoms with Crippen molar-refractivity contribution in [2.24, 2.45) is 0 Å². The maximum absolute atomic E-state index is 12.1. The molecule has 7 heteroatoms. The number of ether oxygens (including phenoxy) is 1. The quantitative estimate of drug-likeness (QED) is 0.754. The molecule has 0 aliphatic heterocycles. The molecule has 2 aromatic carbocycles. The normalized spacial score (nSPS) is 11.7. The Balaban J connectivity index is 1.92. The first-order valence-corrected chi connectivity index (χ1v) is 8.18. The maximum Gasteiger partial charge on any atom is 0.311 e. The summed E-state index contributed by atoms with van der Waals surface area (Å²) in [6, 6.07) is 11.5. The average Bonchev–Trinajstić information content (AvgIpc) is 2.53. The molecular weight excluding hydrogens is 373 g/mol. The second kappa shape index (κ2) is 8.38. The molecule has 0 fully saturated rings. The smallest absolute Gasteiger partial charge is 0.311 e. The van der Waals surface area contributed by atoms with Crippen LogP contribution in [-0.2, 0) is 20.7 Å². The van der Waals surface area contributed by atoms with Gasteiger partial charge in [-0.15, -0.1) is 0 Å². The van der Waals surface area contributed by atoms with Gasteiger partial charge in [0.2, 0.25) is 0 Å². The Kier molecular flexibility index (Phi) is 6.49. The molecule has 0 spiro atoms. The monoisotopic (exact) mass is 385 g/mol. The van der Waals surface area contributed by atoms with Crippen LogP contribution in [-0.4, -0.2) is 18.0 Å². The van der Waals surface area contributed by atoms with Gasteiger partial charge in [-0.2, -0.15) is 0 Å². The van der Waals surface area contributed by atoms with Crippen LogP contribution in [0.2, 0.25) is 15.1 Å². The van der Waals surface area contributed by atoms with Crippen molar-refractivity contribution in [1.82, 2.24) is 0 Å². The Morgan fingerprint density at radius 3 is 2.33 bits per heavy atom. The molecule has 2 rings (SSSR count). The molecular formula is C17H14Cl3NO3. The highest BCUT2D eigenvalue weighted by atomic mass is 35.5. The van der Waals surface area contributed by atoms with Crippen LogP contribution in [0.5, 0.6) is 0 Å². The zero-order chi connectivity index (χ0) is 17.7. The molecule has 2 aromatic rings. The van der Waals surface area contributed by atoms with E-state index in [-0.39, 0.29) is 6.42 Å². The molecule has 0 aromatic heterocycles. The molecule has 0 saturated carbocycles. The molecule has 0 bridgehead atoms. The van der Waals surface area contributed by atoms with Gasteiger partial charge in [-0.1, -0.05) is 46.9 Å². The lowest BCUT2D eigenvalue weighted by molar-refractivity contribution is -0.152. The largest absolute Gasteiger partial charge is 0.452 e. The van der Waals surface area contributed by atoms with E-state index in [0.717, 1.165) is 5.56 Å². The third kappa shape index (κ3) is 5.41. The van der Waals surface area contributed by atoms with Crippen molar-refractivity contribution in [3.8, 4) is 0 Å². The molecule has 0 aliphatic carbocycles. The Hall–Kier alpha value is -1.75. The first kappa shape index (κ1) is 18.6. The summed E-state index contributed by atoms with van der Waals surface area (Å²) < 4.78 is 5.13. The van der Waals surface area contributed by atoms with E-state index < -0.39 is 18.0 Å². The van der Waals surface area contributed by atoms with Crippen LogP contribution in [0.15, 0.2) is 42.5 Å². The van der Waals surface area contributed by atoms with Crippen LogP contribution < -0.4 is 5.32 Å². The highest BCUT2D eigenvalue weighted by molar-refractivity contribution is 6.35. The van der Waals surface area contributed by atoms with E-state index in [1.807, 2.05) is 0 Å². The van der Waals surface area contributed by atoms with Crippen molar-refractivity contribution in [2.45, 2.75) is 19.4 Å². The van der Waals surface area contributed by atoms with E-state index in [4.69, 9.17) is 39.5 Å². The maximum atomic E-state index is 12.1. The number of anilines is 1. The summed E-state index contributed by atoms with van der Waals surface area (Å²) >= 11 is 17.6. The zero-order valence-electron chi connectivity index (χ0n) is 12.7. The molecule has 0 unspecified atom stereocenters. The number of carbonyl (C=O) groups excluding carboxylic acids is 2. The number of hydrogen-bond donors (Lipinski definition) is 1. The van der Waals surface area contributed by atoms with Crippen LogP contribution in [0.4, 0.5) is 5.69 Å². The summed E-state index contributed by atoms with van der Waals surface area (Å²) in [5.74, 6) is -1.01. The Morgan fingerprint density at radius 2 is 1.67 bits per heavy atom. The Morgan fingerprint density at radius 1 is 1.04 bits per heavy atom. The highest BCUT2D eigenvalue weighted by Gasteiger charge is 2.19. The lowest BCUT2D eigenvalue weighted by atomic mass is 10.1. The van der Waals surface area contributed by atoms with E-state index in [2.05, 4.69) is 5.32 Å². The van der Waals surface area contributed by atoms with E-state index >= 15 is 0 Å². The number of hydrogen-bond acceptors (Lipinski definition) is 3. The van der Waals surface area contributed by atoms with Crippen molar-refractivity contribution in [2.75, 3.05) is 5.32 Å². The van der Waals surface area contributed by atoms with E-state index in [9.17, 15) is 9.59 Å². The topological polar surface area (TPSA) is 55.4 Å². The second-order valence-electron chi connectivity index (χ2n) is 5.05. The van der Waals surface area contributed by atoms with Gasteiger partial charge in [0.05, 0.1) is 17.1 Å². The van der Waals surface area contributed by atoms with E-state index in [0.29, 0.717) is 20.8 Å². The number of carbonyl (C=O) groups is 2. The van der Waals surface area contributed by atoms with Gasteiger partial charge in [0.15, 0.2) is 6.10 Å². The fourth-order valence-electron chi connectivity index (χ4n) is 1.89. The van der Waals surface area contributed by atoms with Crippen molar-refractivity contribution in [3.05, 3.63) is 63.1 Å². The fourth-order valence-corrected chi connectivity index (χ4v) is 2.35. The number of rotatable bonds is 5. The molecule has 1 amide bonds. The van der Waals surface area contributed by atoms with Gasteiger partial charge in [-0.05, 0) is 42.8 Å². The predicted molar refractivity (Wildman–Crippen MR) is 95.8 cm³/mol. The van der Waals surface area contributed by atoms with Gasteiger partial charge in [-0.25, -0.2) is 0 Å². The summed E-state index contributed by atoms with van der Waals surface area (Å²) in [6.45, 7) is 1.48. The van der Waals surface area contributed by atoms with Gasteiger partial charge in [0.25, 0.3) is 5.91 Å². The van der Waals surface area contributed by atoms with Crippen LogP contribution in [0.1, 0.15) is 12.5 Å². The summed E-state index contributed by atoms with van der Waals surface area (Å²) in [5.41, 5.74) is 1.10. The number of amides is 1. The first-order valence-electron chi connectivity index (χ1n) is 7.05. The summed E-state index contributed by atoms with van der Waals surface area (Å²) in [4.78, 5) is 24.0. The molecule has 1 N–H and O–H groups in total. The van der Waals surface area contributed by atoms with Gasteiger partial charge >= 0.3 is 5.97 Å². The minimum Gasteiger partial charge on any atom is -0.452 e. The van der Waals surface area contributed by atoms with Gasteiger partial charge in [-0.3, -0.25) is 9.59 Å². The van der Waals surface area contributed by atoms with Gasteiger partial charge < -0.3 is 10.1 Å². The summed E-state index contributed by atoms with van der Waals surface area (Å²) in [7, 11) is 0. The minimum atomic E-state index is -0.972. The first-order chi connectivity index (χ1) is 11.3. The van der Waals surface area contributed by atoms with E-state index in [1.165, 1.54) is 13.0 Å². The van der Waals surface area contributed by atoms with Crippen molar-refractivity contribution in [3.63, 3.8) is 0 Å². The van der Waals surface area contributed by atoms with Crippen LogP contribution >= 0.6 is 34.8 Å². The molecule has 0 radical (unpaired) electrons. The minimum absolute atomic E-state index is 0.0483. The van der Waals surface area contributed by atoms with Gasteiger partial charge in [0, 0.05) is 10.0 Å². The third-order valence-corrected chi connectivity index (χ3v) is 3.94. The number of benzene rings is 2. The lowest BCUT2D eigenvalue weighted by Gasteiger charge is -2.14. The van der Waals surface area contributed by atoms with Crippen molar-refractivity contribution >= 4 is 52.4 Å². The third-order valence-electron chi connectivity index (χ3n) is 3.13. The number of esters is 1. The van der Waals surface area contributed by atoms with Crippen LogP contribution in [0, 0.1) is 0 Å². The van der Waals surface area contributed by atoms with Crippen molar-refractivity contribution in [1.29, 1.82) is 0 Å². The number of halogens is 3. The van der Waals surface area contributed by atoms with E-state index in [1.54, 1.807) is 36.4 Å². The average molecular weight is 387 g/mol. The molecule has 0 aliphatic rings. The second-order valence-corrected chi connectivity index (χ2v) is 6.33. The number of nitrogens with one attached hydrogen (secondary N) is 1. The highest BCUT2D eigenvalue weighted by Crippen LogP contribution is 2.25. The van der Waals surface area contributed by atoms with Crippen LogP contribution in [0.3, 0.4) is 0 Å². The molecule has 24 heavy (non-hydrogen) atoms. The Bertz CT molecular complexity index is 747. The SMILES string of the molecule is C[C@@H](OC(=O)Cc1ccc(Cl)cc1)C(=O)Nc1cc(Cl)ccc1Cl. The summed E-state index contributed by atoms with van der Waals surface area (Å²) in [6.07, 6.45) is -0.924.